The molecule has 1 aromatic carbocycles. The van der Waals surface area contributed by atoms with Crippen LogP contribution in [0.4, 0.5) is 0 Å². The first-order valence-corrected chi connectivity index (χ1v) is 4.14. The van der Waals surface area contributed by atoms with Gasteiger partial charge < -0.3 is 10.5 Å². The first-order valence-electron chi connectivity index (χ1n) is 3.76. The summed E-state index contributed by atoms with van der Waals surface area (Å²) in [5.74, 6) is 0. The Kier molecular flexibility index (Phi) is 3.53. The molecule has 0 saturated carbocycles. The number of hydrogen-bond donors (Lipinski definition) is 1. The first kappa shape index (κ1) is 9.52. The van der Waals surface area contributed by atoms with E-state index in [1.54, 1.807) is 7.11 Å². The zero-order valence-corrected chi connectivity index (χ0v) is 7.71. The van der Waals surface area contributed by atoms with E-state index in [1.807, 2.05) is 24.3 Å². The van der Waals surface area contributed by atoms with Crippen LogP contribution in [0, 0.1) is 0 Å². The van der Waals surface area contributed by atoms with Gasteiger partial charge in [-0.15, -0.1) is 0 Å². The van der Waals surface area contributed by atoms with Crippen LogP contribution >= 0.6 is 11.6 Å². The average Bonchev–Trinajstić information content (AvgIpc) is 2.10. The topological polar surface area (TPSA) is 35.2 Å². The first-order chi connectivity index (χ1) is 5.77. The van der Waals surface area contributed by atoms with E-state index in [0.29, 0.717) is 6.54 Å². The van der Waals surface area contributed by atoms with Crippen molar-refractivity contribution in [1.29, 1.82) is 0 Å². The number of benzene rings is 1. The van der Waals surface area contributed by atoms with Gasteiger partial charge in [0.2, 0.25) is 0 Å². The third-order valence-corrected chi connectivity index (χ3v) is 1.99. The van der Waals surface area contributed by atoms with Gasteiger partial charge in [0.15, 0.2) is 0 Å². The van der Waals surface area contributed by atoms with Gasteiger partial charge in [0.1, 0.15) is 0 Å². The lowest BCUT2D eigenvalue weighted by Crippen LogP contribution is -2.13. The molecule has 0 bridgehead atoms. The summed E-state index contributed by atoms with van der Waals surface area (Å²) in [6.45, 7) is 0.484. The van der Waals surface area contributed by atoms with Crippen molar-refractivity contribution in [2.75, 3.05) is 13.7 Å². The maximum Gasteiger partial charge on any atom is 0.0943 e. The quantitative estimate of drug-likeness (QED) is 0.782. The van der Waals surface area contributed by atoms with E-state index in [2.05, 4.69) is 0 Å². The third kappa shape index (κ3) is 2.21. The van der Waals surface area contributed by atoms with Crippen molar-refractivity contribution in [2.45, 2.75) is 6.10 Å². The number of ether oxygens (including phenoxy) is 1. The highest BCUT2D eigenvalue weighted by Crippen LogP contribution is 2.17. The summed E-state index contributed by atoms with van der Waals surface area (Å²) in [6.07, 6.45) is -0.0257. The number of nitrogens with two attached hydrogens (primary N) is 1. The van der Waals surface area contributed by atoms with Crippen molar-refractivity contribution in [3.8, 4) is 0 Å². The molecule has 0 saturated heterocycles. The molecule has 0 amide bonds. The molecule has 1 aromatic rings. The van der Waals surface area contributed by atoms with Crippen LogP contribution in [0.25, 0.3) is 0 Å². The second-order valence-corrected chi connectivity index (χ2v) is 2.95. The molecule has 0 heterocycles. The van der Waals surface area contributed by atoms with Crippen LogP contribution < -0.4 is 5.73 Å². The van der Waals surface area contributed by atoms with Gasteiger partial charge in [-0.2, -0.15) is 0 Å². The minimum Gasteiger partial charge on any atom is -0.375 e. The summed E-state index contributed by atoms with van der Waals surface area (Å²) in [7, 11) is 1.64. The Labute approximate surface area is 77.3 Å². The molecule has 0 spiro atoms. The maximum absolute atomic E-state index is 5.73. The fourth-order valence-electron chi connectivity index (χ4n) is 1.05. The summed E-state index contributed by atoms with van der Waals surface area (Å²) < 4.78 is 5.16. The molecule has 0 radical (unpaired) electrons. The molecule has 0 aliphatic carbocycles. The van der Waals surface area contributed by atoms with Crippen molar-refractivity contribution in [2.24, 2.45) is 5.73 Å². The van der Waals surface area contributed by atoms with Crippen LogP contribution in [-0.4, -0.2) is 13.7 Å². The smallest absolute Gasteiger partial charge is 0.0943 e. The van der Waals surface area contributed by atoms with Crippen molar-refractivity contribution >= 4 is 11.6 Å². The number of rotatable bonds is 3. The summed E-state index contributed by atoms with van der Waals surface area (Å²) in [5.41, 5.74) is 6.56. The van der Waals surface area contributed by atoms with E-state index in [-0.39, 0.29) is 6.10 Å². The van der Waals surface area contributed by atoms with Crippen LogP contribution in [0.3, 0.4) is 0 Å². The standard InChI is InChI=1S/C9H12ClNO/c1-12-9(6-11)7-2-4-8(10)5-3-7/h2-5,9H,6,11H2,1H3/t9-/m1/s1. The highest BCUT2D eigenvalue weighted by atomic mass is 35.5. The highest BCUT2D eigenvalue weighted by Gasteiger charge is 2.06. The molecular weight excluding hydrogens is 174 g/mol. The number of halogens is 1. The van der Waals surface area contributed by atoms with Gasteiger partial charge in [0, 0.05) is 18.7 Å². The van der Waals surface area contributed by atoms with E-state index in [1.165, 1.54) is 0 Å². The predicted molar refractivity (Wildman–Crippen MR) is 50.3 cm³/mol. The predicted octanol–water partition coefficient (Wildman–Crippen LogP) is 1.99. The van der Waals surface area contributed by atoms with Crippen LogP contribution in [0.2, 0.25) is 5.02 Å². The van der Waals surface area contributed by atoms with Crippen molar-refractivity contribution < 1.29 is 4.74 Å². The third-order valence-electron chi connectivity index (χ3n) is 1.74. The van der Waals surface area contributed by atoms with Gasteiger partial charge >= 0.3 is 0 Å². The Morgan fingerprint density at radius 1 is 1.42 bits per heavy atom. The molecule has 66 valence electrons. The van der Waals surface area contributed by atoms with Crippen molar-refractivity contribution in [3.05, 3.63) is 34.9 Å². The normalized spacial score (nSPS) is 12.9. The number of hydrogen-bond acceptors (Lipinski definition) is 2. The molecule has 0 unspecified atom stereocenters. The molecule has 0 aromatic heterocycles. The van der Waals surface area contributed by atoms with E-state index in [4.69, 9.17) is 22.1 Å². The van der Waals surface area contributed by atoms with E-state index in [0.717, 1.165) is 10.6 Å². The molecule has 0 aliphatic heterocycles. The van der Waals surface area contributed by atoms with Gasteiger partial charge in [-0.1, -0.05) is 23.7 Å². The van der Waals surface area contributed by atoms with E-state index < -0.39 is 0 Å². The molecule has 2 nitrogen and oxygen atoms in total. The minimum absolute atomic E-state index is 0.0257. The van der Waals surface area contributed by atoms with Crippen molar-refractivity contribution in [3.63, 3.8) is 0 Å². The van der Waals surface area contributed by atoms with Crippen LogP contribution in [0.5, 0.6) is 0 Å². The van der Waals surface area contributed by atoms with Crippen LogP contribution in [0.15, 0.2) is 24.3 Å². The Balaban J connectivity index is 2.80. The molecular formula is C9H12ClNO. The highest BCUT2D eigenvalue weighted by molar-refractivity contribution is 6.30. The van der Waals surface area contributed by atoms with Crippen molar-refractivity contribution in [1.82, 2.24) is 0 Å². The second kappa shape index (κ2) is 4.45. The fraction of sp³-hybridized carbons (Fsp3) is 0.333. The van der Waals surface area contributed by atoms with Gasteiger partial charge in [-0.3, -0.25) is 0 Å². The SMILES string of the molecule is CO[C@H](CN)c1ccc(Cl)cc1. The lowest BCUT2D eigenvalue weighted by molar-refractivity contribution is 0.110. The largest absolute Gasteiger partial charge is 0.375 e. The Morgan fingerprint density at radius 3 is 2.42 bits per heavy atom. The Morgan fingerprint density at radius 2 is 2.00 bits per heavy atom. The monoisotopic (exact) mass is 185 g/mol. The summed E-state index contributed by atoms with van der Waals surface area (Å²) in [6, 6.07) is 7.50. The zero-order chi connectivity index (χ0) is 8.97. The van der Waals surface area contributed by atoms with E-state index >= 15 is 0 Å². The molecule has 0 fully saturated rings. The van der Waals surface area contributed by atoms with Gasteiger partial charge in [0.05, 0.1) is 6.10 Å². The second-order valence-electron chi connectivity index (χ2n) is 2.51. The van der Waals surface area contributed by atoms with E-state index in [9.17, 15) is 0 Å². The van der Waals surface area contributed by atoms with Gasteiger partial charge in [0.25, 0.3) is 0 Å². The maximum atomic E-state index is 5.73. The molecule has 3 heteroatoms. The van der Waals surface area contributed by atoms with Gasteiger partial charge in [-0.05, 0) is 17.7 Å². The lowest BCUT2D eigenvalue weighted by Gasteiger charge is -2.12. The summed E-state index contributed by atoms with van der Waals surface area (Å²) in [5, 5.41) is 0.727. The number of methoxy groups -OCH3 is 1. The molecule has 12 heavy (non-hydrogen) atoms. The van der Waals surface area contributed by atoms with Crippen LogP contribution in [0.1, 0.15) is 11.7 Å². The zero-order valence-electron chi connectivity index (χ0n) is 6.96. The molecule has 1 atom stereocenters. The minimum atomic E-state index is -0.0257. The summed E-state index contributed by atoms with van der Waals surface area (Å²) in [4.78, 5) is 0. The Bertz CT molecular complexity index is 231. The molecule has 1 rings (SSSR count). The molecule has 2 N–H and O–H groups in total. The molecule has 0 aliphatic rings. The summed E-state index contributed by atoms with van der Waals surface area (Å²) >= 11 is 5.73. The fourth-order valence-corrected chi connectivity index (χ4v) is 1.17. The lowest BCUT2D eigenvalue weighted by atomic mass is 10.1. The van der Waals surface area contributed by atoms with Crippen LogP contribution in [-0.2, 0) is 4.74 Å². The Hall–Kier alpha value is -0.570. The van der Waals surface area contributed by atoms with Gasteiger partial charge in [-0.25, -0.2) is 0 Å². The average molecular weight is 186 g/mol.